The van der Waals surface area contributed by atoms with Crippen LogP contribution in [0.2, 0.25) is 0 Å². The molecule has 0 spiro atoms. The SMILES string of the molecule is CCc1ccc(C(=O)N=c2sc3ccccc3n2C)cc1. The Morgan fingerprint density at radius 3 is 2.52 bits per heavy atom. The average Bonchev–Trinajstić information content (AvgIpc) is 2.84. The van der Waals surface area contributed by atoms with Gasteiger partial charge < -0.3 is 4.57 Å². The molecule has 1 aromatic heterocycles. The van der Waals surface area contributed by atoms with Crippen LogP contribution in [0.5, 0.6) is 0 Å². The van der Waals surface area contributed by atoms with E-state index in [9.17, 15) is 4.79 Å². The van der Waals surface area contributed by atoms with E-state index in [0.29, 0.717) is 5.56 Å². The van der Waals surface area contributed by atoms with Crippen LogP contribution >= 0.6 is 11.3 Å². The molecule has 3 nitrogen and oxygen atoms in total. The van der Waals surface area contributed by atoms with E-state index in [2.05, 4.69) is 11.9 Å². The third-order valence-electron chi connectivity index (χ3n) is 3.52. The minimum atomic E-state index is -0.195. The summed E-state index contributed by atoms with van der Waals surface area (Å²) >= 11 is 1.53. The van der Waals surface area contributed by atoms with Gasteiger partial charge in [-0.15, -0.1) is 0 Å². The number of carbonyl (C=O) groups excluding carboxylic acids is 1. The monoisotopic (exact) mass is 296 g/mol. The standard InChI is InChI=1S/C17H16N2OS/c1-3-12-8-10-13(11-9-12)16(20)18-17-19(2)14-6-4-5-7-15(14)21-17/h4-11H,3H2,1-2H3. The topological polar surface area (TPSA) is 34.4 Å². The molecule has 0 aliphatic rings. The highest BCUT2D eigenvalue weighted by atomic mass is 32.1. The predicted octanol–water partition coefficient (Wildman–Crippen LogP) is 3.54. The van der Waals surface area contributed by atoms with Crippen molar-refractivity contribution in [1.29, 1.82) is 0 Å². The second kappa shape index (κ2) is 5.66. The number of hydrogen-bond acceptors (Lipinski definition) is 2. The van der Waals surface area contributed by atoms with E-state index in [-0.39, 0.29) is 5.91 Å². The van der Waals surface area contributed by atoms with Crippen molar-refractivity contribution >= 4 is 27.5 Å². The summed E-state index contributed by atoms with van der Waals surface area (Å²) < 4.78 is 3.09. The van der Waals surface area contributed by atoms with Crippen LogP contribution in [-0.4, -0.2) is 10.5 Å². The molecule has 0 bridgehead atoms. The van der Waals surface area contributed by atoms with Gasteiger partial charge >= 0.3 is 0 Å². The lowest BCUT2D eigenvalue weighted by atomic mass is 10.1. The van der Waals surface area contributed by atoms with Gasteiger partial charge in [-0.25, -0.2) is 0 Å². The van der Waals surface area contributed by atoms with Gasteiger partial charge in [0.2, 0.25) is 0 Å². The van der Waals surface area contributed by atoms with E-state index < -0.39 is 0 Å². The van der Waals surface area contributed by atoms with E-state index in [0.717, 1.165) is 21.4 Å². The zero-order valence-electron chi connectivity index (χ0n) is 12.0. The summed E-state index contributed by atoms with van der Waals surface area (Å²) in [6, 6.07) is 15.7. The molecule has 3 aromatic rings. The first-order chi connectivity index (χ1) is 10.2. The minimum Gasteiger partial charge on any atom is -0.319 e. The molecule has 0 fully saturated rings. The van der Waals surface area contributed by atoms with Crippen molar-refractivity contribution in [2.24, 2.45) is 12.0 Å². The van der Waals surface area contributed by atoms with Crippen LogP contribution in [0.25, 0.3) is 10.2 Å². The molecular weight excluding hydrogens is 280 g/mol. The maximum absolute atomic E-state index is 12.3. The van der Waals surface area contributed by atoms with Crippen LogP contribution in [0.3, 0.4) is 0 Å². The van der Waals surface area contributed by atoms with Crippen molar-refractivity contribution in [3.8, 4) is 0 Å². The van der Waals surface area contributed by atoms with Crippen LogP contribution in [-0.2, 0) is 13.5 Å². The predicted molar refractivity (Wildman–Crippen MR) is 86.5 cm³/mol. The van der Waals surface area contributed by atoms with Gasteiger partial charge in [0.25, 0.3) is 5.91 Å². The van der Waals surface area contributed by atoms with Gasteiger partial charge in [0.05, 0.1) is 10.2 Å². The average molecular weight is 296 g/mol. The number of para-hydroxylation sites is 1. The summed E-state index contributed by atoms with van der Waals surface area (Å²) in [5, 5.41) is 0. The van der Waals surface area contributed by atoms with Gasteiger partial charge in [-0.05, 0) is 36.2 Å². The highest BCUT2D eigenvalue weighted by Crippen LogP contribution is 2.15. The number of nitrogens with zero attached hydrogens (tertiary/aromatic N) is 2. The van der Waals surface area contributed by atoms with Gasteiger partial charge in [0.15, 0.2) is 4.80 Å². The lowest BCUT2D eigenvalue weighted by Crippen LogP contribution is -2.13. The van der Waals surface area contributed by atoms with Crippen LogP contribution in [0.15, 0.2) is 53.5 Å². The van der Waals surface area contributed by atoms with Crippen molar-refractivity contribution in [2.45, 2.75) is 13.3 Å². The Morgan fingerprint density at radius 1 is 1.14 bits per heavy atom. The molecular formula is C17H16N2OS. The molecule has 4 heteroatoms. The zero-order valence-corrected chi connectivity index (χ0v) is 12.9. The smallest absolute Gasteiger partial charge is 0.279 e. The summed E-state index contributed by atoms with van der Waals surface area (Å²) in [6.07, 6.45) is 0.969. The van der Waals surface area contributed by atoms with Crippen molar-refractivity contribution in [2.75, 3.05) is 0 Å². The van der Waals surface area contributed by atoms with E-state index in [1.165, 1.54) is 16.9 Å². The third kappa shape index (κ3) is 2.67. The first-order valence-corrected chi connectivity index (χ1v) is 7.73. The second-order valence-corrected chi connectivity index (χ2v) is 5.89. The lowest BCUT2D eigenvalue weighted by Gasteiger charge is -1.98. The molecule has 1 amide bonds. The maximum Gasteiger partial charge on any atom is 0.279 e. The number of rotatable bonds is 2. The number of hydrogen-bond donors (Lipinski definition) is 0. The Labute approximate surface area is 127 Å². The van der Waals surface area contributed by atoms with E-state index in [4.69, 9.17) is 0 Å². The van der Waals surface area contributed by atoms with E-state index in [1.807, 2.05) is 60.1 Å². The van der Waals surface area contributed by atoms with Crippen LogP contribution in [0.1, 0.15) is 22.8 Å². The number of amides is 1. The Kier molecular flexibility index (Phi) is 3.71. The first kappa shape index (κ1) is 13.8. The minimum absolute atomic E-state index is 0.195. The number of benzene rings is 2. The largest absolute Gasteiger partial charge is 0.319 e. The number of carbonyl (C=O) groups is 1. The number of aryl methyl sites for hydroxylation is 2. The molecule has 1 heterocycles. The highest BCUT2D eigenvalue weighted by Gasteiger charge is 2.06. The highest BCUT2D eigenvalue weighted by molar-refractivity contribution is 7.16. The molecule has 0 aliphatic carbocycles. The lowest BCUT2D eigenvalue weighted by molar-refractivity contribution is 0.0998. The van der Waals surface area contributed by atoms with Crippen LogP contribution < -0.4 is 4.80 Å². The van der Waals surface area contributed by atoms with Crippen molar-refractivity contribution < 1.29 is 4.79 Å². The van der Waals surface area contributed by atoms with E-state index >= 15 is 0 Å². The Balaban J connectivity index is 2.02. The molecule has 106 valence electrons. The van der Waals surface area contributed by atoms with Gasteiger partial charge in [-0.1, -0.05) is 42.5 Å². The quantitative estimate of drug-likeness (QED) is 0.712. The van der Waals surface area contributed by atoms with Gasteiger partial charge in [-0.2, -0.15) is 4.99 Å². The summed E-state index contributed by atoms with van der Waals surface area (Å²) in [5.74, 6) is -0.195. The summed E-state index contributed by atoms with van der Waals surface area (Å²) in [7, 11) is 1.94. The fourth-order valence-corrected chi connectivity index (χ4v) is 3.24. The summed E-state index contributed by atoms with van der Waals surface area (Å²) in [4.78, 5) is 17.3. The first-order valence-electron chi connectivity index (χ1n) is 6.91. The summed E-state index contributed by atoms with van der Waals surface area (Å²) in [5.41, 5.74) is 2.94. The van der Waals surface area contributed by atoms with Gasteiger partial charge in [-0.3, -0.25) is 4.79 Å². The Bertz CT molecular complexity index is 856. The molecule has 0 saturated carbocycles. The van der Waals surface area contributed by atoms with Gasteiger partial charge in [0, 0.05) is 12.6 Å². The van der Waals surface area contributed by atoms with Crippen molar-refractivity contribution in [1.82, 2.24) is 4.57 Å². The van der Waals surface area contributed by atoms with Crippen molar-refractivity contribution in [3.63, 3.8) is 0 Å². The van der Waals surface area contributed by atoms with E-state index in [1.54, 1.807) is 0 Å². The molecule has 0 atom stereocenters. The van der Waals surface area contributed by atoms with Gasteiger partial charge in [0.1, 0.15) is 0 Å². The summed E-state index contributed by atoms with van der Waals surface area (Å²) in [6.45, 7) is 2.10. The normalized spacial score (nSPS) is 12.0. The maximum atomic E-state index is 12.3. The Morgan fingerprint density at radius 2 is 1.86 bits per heavy atom. The number of thiazole rings is 1. The number of aromatic nitrogens is 1. The fourth-order valence-electron chi connectivity index (χ4n) is 2.22. The van der Waals surface area contributed by atoms with Crippen molar-refractivity contribution in [3.05, 3.63) is 64.5 Å². The second-order valence-electron chi connectivity index (χ2n) is 4.88. The molecule has 0 radical (unpaired) electrons. The van der Waals surface area contributed by atoms with Crippen LogP contribution in [0, 0.1) is 0 Å². The molecule has 21 heavy (non-hydrogen) atoms. The third-order valence-corrected chi connectivity index (χ3v) is 4.63. The molecule has 2 aromatic carbocycles. The Hall–Kier alpha value is -2.20. The number of fused-ring (bicyclic) bond motifs is 1. The zero-order chi connectivity index (χ0) is 14.8. The molecule has 3 rings (SSSR count). The fraction of sp³-hybridized carbons (Fsp3) is 0.176. The van der Waals surface area contributed by atoms with Crippen LogP contribution in [0.4, 0.5) is 0 Å². The molecule has 0 saturated heterocycles. The molecule has 0 aliphatic heterocycles. The molecule has 0 N–H and O–H groups in total. The molecule has 0 unspecified atom stereocenters.